The van der Waals surface area contributed by atoms with Crippen LogP contribution in [0.2, 0.25) is 5.02 Å². The summed E-state index contributed by atoms with van der Waals surface area (Å²) in [5.41, 5.74) is 2.65. The number of carbonyl (C=O) groups is 2. The summed E-state index contributed by atoms with van der Waals surface area (Å²) in [5, 5.41) is 6.45. The highest BCUT2D eigenvalue weighted by Gasteiger charge is 2.47. The van der Waals surface area contributed by atoms with Crippen LogP contribution in [0.5, 0.6) is 0 Å². The predicted molar refractivity (Wildman–Crippen MR) is 113 cm³/mol. The molecule has 0 spiro atoms. The van der Waals surface area contributed by atoms with Gasteiger partial charge in [-0.1, -0.05) is 17.7 Å². The van der Waals surface area contributed by atoms with Crippen molar-refractivity contribution in [3.05, 3.63) is 58.4 Å². The number of nitrogens with zero attached hydrogens (tertiary/aromatic N) is 2. The van der Waals surface area contributed by atoms with Crippen molar-refractivity contribution >= 4 is 29.1 Å². The van der Waals surface area contributed by atoms with Gasteiger partial charge in [0.2, 0.25) is 11.8 Å². The number of alkyl halides is 3. The number of fused-ring (bicyclic) bond motifs is 1. The van der Waals surface area contributed by atoms with Gasteiger partial charge in [0.15, 0.2) is 6.04 Å². The Kier molecular flexibility index (Phi) is 6.03. The highest BCUT2D eigenvalue weighted by atomic mass is 35.5. The van der Waals surface area contributed by atoms with Crippen molar-refractivity contribution in [2.75, 3.05) is 18.9 Å². The predicted octanol–water partition coefficient (Wildman–Crippen LogP) is 3.51. The quantitative estimate of drug-likeness (QED) is 0.707. The summed E-state index contributed by atoms with van der Waals surface area (Å²) in [7, 11) is 1.10. The molecular formula is C22H22ClF3N4O2. The molecule has 1 saturated heterocycles. The fourth-order valence-corrected chi connectivity index (χ4v) is 4.55. The van der Waals surface area contributed by atoms with E-state index in [4.69, 9.17) is 11.6 Å². The lowest BCUT2D eigenvalue weighted by Gasteiger charge is -2.31. The average Bonchev–Trinajstić information content (AvgIpc) is 3.33. The van der Waals surface area contributed by atoms with E-state index in [1.165, 1.54) is 23.9 Å². The van der Waals surface area contributed by atoms with E-state index in [0.717, 1.165) is 25.5 Å². The van der Waals surface area contributed by atoms with Crippen molar-refractivity contribution in [1.29, 1.82) is 0 Å². The normalized spacial score (nSPS) is 21.1. The van der Waals surface area contributed by atoms with E-state index in [2.05, 4.69) is 15.6 Å². The molecule has 32 heavy (non-hydrogen) atoms. The van der Waals surface area contributed by atoms with Crippen molar-refractivity contribution in [1.82, 2.24) is 15.2 Å². The van der Waals surface area contributed by atoms with Gasteiger partial charge in [0.1, 0.15) is 0 Å². The minimum atomic E-state index is -4.71. The molecule has 0 saturated carbocycles. The van der Waals surface area contributed by atoms with Crippen LogP contribution in [0.25, 0.3) is 0 Å². The third kappa shape index (κ3) is 4.67. The molecule has 1 aromatic carbocycles. The molecule has 1 aliphatic heterocycles. The van der Waals surface area contributed by atoms with Crippen molar-refractivity contribution in [3.63, 3.8) is 0 Å². The van der Waals surface area contributed by atoms with E-state index in [0.29, 0.717) is 15.6 Å². The van der Waals surface area contributed by atoms with Crippen LogP contribution in [0.4, 0.5) is 18.9 Å². The fraction of sp³-hybridized carbons (Fsp3) is 0.409. The molecule has 0 radical (unpaired) electrons. The van der Waals surface area contributed by atoms with Gasteiger partial charge in [-0.15, -0.1) is 0 Å². The van der Waals surface area contributed by atoms with Crippen molar-refractivity contribution < 1.29 is 22.8 Å². The second-order valence-electron chi connectivity index (χ2n) is 8.23. The molecule has 2 amide bonds. The number of amides is 2. The molecule has 1 unspecified atom stereocenters. The van der Waals surface area contributed by atoms with E-state index >= 15 is 0 Å². The van der Waals surface area contributed by atoms with Crippen LogP contribution in [-0.4, -0.2) is 47.5 Å². The monoisotopic (exact) mass is 466 g/mol. The van der Waals surface area contributed by atoms with Crippen molar-refractivity contribution in [3.8, 4) is 0 Å². The number of carbonyl (C=O) groups excluding carboxylic acids is 2. The highest BCUT2D eigenvalue weighted by molar-refractivity contribution is 6.30. The van der Waals surface area contributed by atoms with Gasteiger partial charge in [-0.3, -0.25) is 14.6 Å². The van der Waals surface area contributed by atoms with Crippen LogP contribution in [0.1, 0.15) is 29.3 Å². The van der Waals surface area contributed by atoms with E-state index in [1.54, 1.807) is 0 Å². The Morgan fingerprint density at radius 3 is 2.59 bits per heavy atom. The fourth-order valence-electron chi connectivity index (χ4n) is 4.36. The molecule has 170 valence electrons. The summed E-state index contributed by atoms with van der Waals surface area (Å²) in [6, 6.07) is 6.45. The van der Waals surface area contributed by atoms with E-state index in [1.807, 2.05) is 18.2 Å². The van der Waals surface area contributed by atoms with Crippen LogP contribution in [0.15, 0.2) is 36.5 Å². The molecule has 2 aliphatic rings. The molecule has 2 aromatic rings. The van der Waals surface area contributed by atoms with Gasteiger partial charge in [0.05, 0.1) is 23.5 Å². The number of hydrogen-bond donors (Lipinski definition) is 2. The first kappa shape index (κ1) is 22.4. The molecule has 4 rings (SSSR count). The number of rotatable bonds is 5. The molecule has 10 heteroatoms. The molecule has 1 aromatic heterocycles. The van der Waals surface area contributed by atoms with Crippen LogP contribution in [-0.2, 0) is 22.4 Å². The van der Waals surface area contributed by atoms with Gasteiger partial charge >= 0.3 is 6.18 Å². The summed E-state index contributed by atoms with van der Waals surface area (Å²) in [4.78, 5) is 28.6. The molecule has 6 nitrogen and oxygen atoms in total. The number of hydrogen-bond acceptors (Lipinski definition) is 4. The summed E-state index contributed by atoms with van der Waals surface area (Å²) in [6.45, 7) is 0.0395. The number of benzene rings is 1. The van der Waals surface area contributed by atoms with E-state index < -0.39 is 24.0 Å². The zero-order chi connectivity index (χ0) is 23.0. The van der Waals surface area contributed by atoms with E-state index in [9.17, 15) is 22.8 Å². The Bertz CT molecular complexity index is 1030. The lowest BCUT2D eigenvalue weighted by atomic mass is 10.0. The van der Waals surface area contributed by atoms with Crippen molar-refractivity contribution in [2.24, 2.45) is 5.92 Å². The smallest absolute Gasteiger partial charge is 0.380 e. The second-order valence-corrected chi connectivity index (χ2v) is 8.67. The van der Waals surface area contributed by atoms with Gasteiger partial charge < -0.3 is 15.5 Å². The number of aromatic nitrogens is 1. The summed E-state index contributed by atoms with van der Waals surface area (Å²) < 4.78 is 41.5. The molecule has 2 N–H and O–H groups in total. The Morgan fingerprint density at radius 1 is 1.22 bits per heavy atom. The Hall–Kier alpha value is -2.81. The first-order chi connectivity index (χ1) is 15.1. The van der Waals surface area contributed by atoms with E-state index in [-0.39, 0.29) is 30.6 Å². The SMILES string of the molecule is CN(C(=O)[C@@H]1CNC(=O)C1)C(c1ccc(N[C@H]2Cc3ccc(Cl)cc3C2)cn1)C(F)(F)F. The zero-order valence-electron chi connectivity index (χ0n) is 17.2. The summed E-state index contributed by atoms with van der Waals surface area (Å²) in [5.74, 6) is -1.89. The molecule has 2 heterocycles. The maximum Gasteiger partial charge on any atom is 0.414 e. The number of pyridine rings is 1. The molecule has 3 atom stereocenters. The third-order valence-corrected chi connectivity index (χ3v) is 6.14. The van der Waals surface area contributed by atoms with Crippen molar-refractivity contribution in [2.45, 2.75) is 37.5 Å². The topological polar surface area (TPSA) is 74.3 Å². The first-order valence-electron chi connectivity index (χ1n) is 10.2. The standard InChI is InChI=1S/C22H22ClF3N4O2/c1-30(21(32)14-9-19(31)28-10-14)20(22(24,25)26)18-5-4-16(11-27-18)29-17-7-12-2-3-15(23)6-13(12)8-17/h2-6,11,14,17,20,29H,7-10H2,1H3,(H,28,31)/t14-,17-,20?/m0/s1. The summed E-state index contributed by atoms with van der Waals surface area (Å²) in [6.07, 6.45) is -1.93. The molecular weight excluding hydrogens is 445 g/mol. The van der Waals surface area contributed by atoms with Gasteiger partial charge in [-0.25, -0.2) is 0 Å². The maximum absolute atomic E-state index is 13.8. The van der Waals surface area contributed by atoms with Gasteiger partial charge in [0.25, 0.3) is 0 Å². The Labute approximate surface area is 188 Å². The maximum atomic E-state index is 13.8. The highest BCUT2D eigenvalue weighted by Crippen LogP contribution is 2.37. The van der Waals surface area contributed by atoms with Gasteiger partial charge in [-0.05, 0) is 48.2 Å². The molecule has 0 bridgehead atoms. The van der Waals surface area contributed by atoms with Crippen LogP contribution in [0.3, 0.4) is 0 Å². The third-order valence-electron chi connectivity index (χ3n) is 5.91. The Morgan fingerprint density at radius 2 is 1.97 bits per heavy atom. The van der Waals surface area contributed by atoms with Crippen LogP contribution in [0, 0.1) is 5.92 Å². The minimum Gasteiger partial charge on any atom is -0.380 e. The Balaban J connectivity index is 1.47. The number of nitrogens with one attached hydrogen (secondary N) is 2. The van der Waals surface area contributed by atoms with Crippen LogP contribution < -0.4 is 10.6 Å². The molecule has 1 fully saturated rings. The number of halogens is 4. The zero-order valence-corrected chi connectivity index (χ0v) is 18.0. The summed E-state index contributed by atoms with van der Waals surface area (Å²) >= 11 is 6.04. The van der Waals surface area contributed by atoms with Gasteiger partial charge in [-0.2, -0.15) is 13.2 Å². The van der Waals surface area contributed by atoms with Crippen LogP contribution >= 0.6 is 11.6 Å². The lowest BCUT2D eigenvalue weighted by molar-refractivity contribution is -0.191. The number of anilines is 1. The minimum absolute atomic E-state index is 0.0395. The lowest BCUT2D eigenvalue weighted by Crippen LogP contribution is -2.43. The molecule has 1 aliphatic carbocycles. The second kappa shape index (κ2) is 8.61. The largest absolute Gasteiger partial charge is 0.414 e. The average molecular weight is 467 g/mol. The first-order valence-corrected chi connectivity index (χ1v) is 10.6. The van der Waals surface area contributed by atoms with Gasteiger partial charge in [0, 0.05) is 31.1 Å².